The highest BCUT2D eigenvalue weighted by molar-refractivity contribution is 6.08. The van der Waals surface area contributed by atoms with Crippen molar-refractivity contribution in [2.24, 2.45) is 10.8 Å². The summed E-state index contributed by atoms with van der Waals surface area (Å²) < 4.78 is 10.1. The first-order chi connectivity index (χ1) is 12.2. The van der Waals surface area contributed by atoms with Crippen molar-refractivity contribution >= 4 is 18.2 Å². The zero-order valence-electron chi connectivity index (χ0n) is 15.9. The topological polar surface area (TPSA) is 69.7 Å². The Balaban J connectivity index is 2.58. The van der Waals surface area contributed by atoms with Gasteiger partial charge in [-0.15, -0.1) is 0 Å². The third-order valence-corrected chi connectivity index (χ3v) is 5.66. The number of aldehydes is 1. The van der Waals surface area contributed by atoms with Crippen LogP contribution in [-0.2, 0) is 23.9 Å². The van der Waals surface area contributed by atoms with Gasteiger partial charge in [-0.1, -0.05) is 23.8 Å². The Kier molecular flexibility index (Phi) is 3.94. The summed E-state index contributed by atoms with van der Waals surface area (Å²) in [5, 5.41) is 0. The van der Waals surface area contributed by atoms with E-state index in [0.29, 0.717) is 5.57 Å². The van der Waals surface area contributed by atoms with Crippen LogP contribution in [0.25, 0.3) is 0 Å². The van der Waals surface area contributed by atoms with Crippen LogP contribution >= 0.6 is 0 Å². The van der Waals surface area contributed by atoms with Crippen LogP contribution in [0.3, 0.4) is 0 Å². The van der Waals surface area contributed by atoms with Gasteiger partial charge in [0.25, 0.3) is 0 Å². The molecule has 0 aliphatic heterocycles. The lowest BCUT2D eigenvalue weighted by Gasteiger charge is -2.41. The van der Waals surface area contributed by atoms with E-state index in [1.165, 1.54) is 14.2 Å². The lowest BCUT2D eigenvalue weighted by Crippen LogP contribution is -2.40. The SMILES string of the molecule is COC(=O)C1=C(C(=O)OC)[C@@]23C(C)=C[C@]1(C)C=C(C)C2=C(C)C=C3C=O. The molecule has 4 aliphatic rings. The summed E-state index contributed by atoms with van der Waals surface area (Å²) in [6.07, 6.45) is 6.44. The normalized spacial score (nSPS) is 29.5. The number of ether oxygens (including phenoxy) is 2. The van der Waals surface area contributed by atoms with Crippen molar-refractivity contribution in [2.75, 3.05) is 14.2 Å². The van der Waals surface area contributed by atoms with E-state index in [4.69, 9.17) is 9.47 Å². The predicted molar refractivity (Wildman–Crippen MR) is 96.0 cm³/mol. The molecule has 0 heterocycles. The fourth-order valence-electron chi connectivity index (χ4n) is 4.98. The highest BCUT2D eigenvalue weighted by Crippen LogP contribution is 2.63. The van der Waals surface area contributed by atoms with Crippen LogP contribution in [0, 0.1) is 10.8 Å². The summed E-state index contributed by atoms with van der Waals surface area (Å²) in [7, 11) is 2.56. The minimum absolute atomic E-state index is 0.174. The summed E-state index contributed by atoms with van der Waals surface area (Å²) in [4.78, 5) is 37.7. The lowest BCUT2D eigenvalue weighted by molar-refractivity contribution is -0.140. The smallest absolute Gasteiger partial charge is 0.335 e. The fraction of sp³-hybridized carbons (Fsp3) is 0.381. The maximum absolute atomic E-state index is 12.9. The molecule has 26 heavy (non-hydrogen) atoms. The molecule has 136 valence electrons. The molecule has 0 aromatic heterocycles. The molecule has 0 aromatic rings. The molecular weight excluding hydrogens is 332 g/mol. The highest BCUT2D eigenvalue weighted by Gasteiger charge is 2.58. The fourth-order valence-corrected chi connectivity index (χ4v) is 4.98. The number of rotatable bonds is 3. The van der Waals surface area contributed by atoms with Crippen molar-refractivity contribution in [2.45, 2.75) is 27.7 Å². The molecule has 2 bridgehead atoms. The van der Waals surface area contributed by atoms with E-state index in [-0.39, 0.29) is 11.1 Å². The van der Waals surface area contributed by atoms with Gasteiger partial charge in [-0.3, -0.25) is 4.79 Å². The first-order valence-corrected chi connectivity index (χ1v) is 8.39. The van der Waals surface area contributed by atoms with Crippen molar-refractivity contribution in [3.8, 4) is 0 Å². The van der Waals surface area contributed by atoms with Crippen LogP contribution in [0.1, 0.15) is 27.7 Å². The largest absolute Gasteiger partial charge is 0.466 e. The summed E-state index contributed by atoms with van der Waals surface area (Å²) in [5.74, 6) is -1.23. The van der Waals surface area contributed by atoms with Gasteiger partial charge in [0.2, 0.25) is 0 Å². The monoisotopic (exact) mass is 354 g/mol. The molecule has 0 aromatic carbocycles. The molecule has 0 saturated heterocycles. The Labute approximate surface area is 152 Å². The quantitative estimate of drug-likeness (QED) is 0.443. The Bertz CT molecular complexity index is 909. The number of carbonyl (C=O) groups is 3. The van der Waals surface area contributed by atoms with Crippen molar-refractivity contribution in [3.05, 3.63) is 57.2 Å². The van der Waals surface area contributed by atoms with E-state index in [9.17, 15) is 14.4 Å². The van der Waals surface area contributed by atoms with Gasteiger partial charge in [-0.2, -0.15) is 0 Å². The Morgan fingerprint density at radius 3 is 2.12 bits per heavy atom. The Hall–Kier alpha value is -2.69. The number of methoxy groups -OCH3 is 2. The summed E-state index contributed by atoms with van der Waals surface area (Å²) in [6.45, 7) is 7.60. The molecule has 2 atom stereocenters. The third-order valence-electron chi connectivity index (χ3n) is 5.66. The van der Waals surface area contributed by atoms with E-state index >= 15 is 0 Å². The molecule has 0 fully saturated rings. The highest BCUT2D eigenvalue weighted by atomic mass is 16.5. The molecule has 1 spiro atoms. The number of carbonyl (C=O) groups excluding carboxylic acids is 3. The van der Waals surface area contributed by atoms with Crippen LogP contribution < -0.4 is 0 Å². The van der Waals surface area contributed by atoms with E-state index in [0.717, 1.165) is 28.6 Å². The van der Waals surface area contributed by atoms with Gasteiger partial charge < -0.3 is 9.47 Å². The molecule has 4 aliphatic carbocycles. The van der Waals surface area contributed by atoms with E-state index < -0.39 is 22.8 Å². The molecule has 5 heteroatoms. The van der Waals surface area contributed by atoms with Gasteiger partial charge in [-0.05, 0) is 44.4 Å². The van der Waals surface area contributed by atoms with Crippen molar-refractivity contribution < 1.29 is 23.9 Å². The summed E-state index contributed by atoms with van der Waals surface area (Å²) in [6, 6.07) is 0. The number of hydrogen-bond acceptors (Lipinski definition) is 5. The van der Waals surface area contributed by atoms with Crippen LogP contribution in [0.2, 0.25) is 0 Å². The van der Waals surface area contributed by atoms with Crippen LogP contribution in [0.5, 0.6) is 0 Å². The van der Waals surface area contributed by atoms with Gasteiger partial charge in [0, 0.05) is 11.0 Å². The van der Waals surface area contributed by atoms with Crippen molar-refractivity contribution in [3.63, 3.8) is 0 Å². The maximum Gasteiger partial charge on any atom is 0.335 e. The number of allylic oxidation sites excluding steroid dienone is 8. The molecule has 0 unspecified atom stereocenters. The van der Waals surface area contributed by atoms with Crippen LogP contribution in [0.15, 0.2) is 57.2 Å². The Morgan fingerprint density at radius 2 is 1.58 bits per heavy atom. The minimum atomic E-state index is -1.11. The second kappa shape index (κ2) is 5.66. The number of esters is 2. The van der Waals surface area contributed by atoms with Crippen molar-refractivity contribution in [1.29, 1.82) is 0 Å². The van der Waals surface area contributed by atoms with Crippen LogP contribution in [0.4, 0.5) is 0 Å². The minimum Gasteiger partial charge on any atom is -0.466 e. The second-order valence-electron chi connectivity index (χ2n) is 7.20. The van der Waals surface area contributed by atoms with E-state index in [1.807, 2.05) is 39.8 Å². The van der Waals surface area contributed by atoms with E-state index in [1.54, 1.807) is 6.08 Å². The zero-order chi connectivity index (χ0) is 19.4. The standard InChI is InChI=1S/C21H22O5/c1-11-7-14(10-22)21-13(3)9-20(4,8-12(2)15(11)21)16(18(23)25-5)17(21)19(24)26-6/h7-10H,1-6H3/t20-,21+/m0/s1. The first kappa shape index (κ1) is 18.1. The van der Waals surface area contributed by atoms with Gasteiger partial charge in [-0.25, -0.2) is 9.59 Å². The molecule has 0 amide bonds. The zero-order valence-corrected chi connectivity index (χ0v) is 15.9. The van der Waals surface area contributed by atoms with Crippen LogP contribution in [-0.4, -0.2) is 32.4 Å². The number of hydrogen-bond donors (Lipinski definition) is 0. The molecule has 4 rings (SSSR count). The molecular formula is C21H22O5. The average molecular weight is 354 g/mol. The Morgan fingerprint density at radius 1 is 1.00 bits per heavy atom. The van der Waals surface area contributed by atoms with Crippen molar-refractivity contribution in [1.82, 2.24) is 0 Å². The van der Waals surface area contributed by atoms with Gasteiger partial charge in [0.15, 0.2) is 0 Å². The molecule has 5 nitrogen and oxygen atoms in total. The lowest BCUT2D eigenvalue weighted by atomic mass is 9.59. The first-order valence-electron chi connectivity index (χ1n) is 8.39. The average Bonchev–Trinajstić information content (AvgIpc) is 2.80. The molecule has 0 saturated carbocycles. The second-order valence-corrected chi connectivity index (χ2v) is 7.20. The molecule has 0 radical (unpaired) electrons. The third kappa shape index (κ3) is 1.94. The van der Waals surface area contributed by atoms with E-state index in [2.05, 4.69) is 0 Å². The van der Waals surface area contributed by atoms with Gasteiger partial charge in [0.1, 0.15) is 6.29 Å². The summed E-state index contributed by atoms with van der Waals surface area (Å²) >= 11 is 0. The van der Waals surface area contributed by atoms with Gasteiger partial charge in [0.05, 0.1) is 30.8 Å². The summed E-state index contributed by atoms with van der Waals surface area (Å²) in [5.41, 5.74) is 2.37. The predicted octanol–water partition coefficient (Wildman–Crippen LogP) is 3.00. The van der Waals surface area contributed by atoms with Gasteiger partial charge >= 0.3 is 11.9 Å². The molecule has 0 N–H and O–H groups in total. The maximum atomic E-state index is 12.9.